The largest absolute Gasteiger partial charge is 0.399 e. The van der Waals surface area contributed by atoms with Gasteiger partial charge in [0.15, 0.2) is 0 Å². The molecule has 3 aromatic carbocycles. The molecule has 4 fully saturated rings. The van der Waals surface area contributed by atoms with E-state index in [9.17, 15) is 66.3 Å². The van der Waals surface area contributed by atoms with Crippen molar-refractivity contribution in [1.82, 2.24) is 40.9 Å². The molecule has 5 aliphatic rings. The number of likely N-dealkylation sites (N-methyl/N-ethyl adjacent to an activating group) is 1. The van der Waals surface area contributed by atoms with Crippen LogP contribution in [0.2, 0.25) is 0 Å². The molecule has 9 rings (SSSR count). The SMILES string of the molecule is CN1CC[C@H]2CC[C@@H](C(=O)NC(CCC(N)=O)C(=O)NC(Cc3ccccc3F)C(=O)N3CCC(CCC#Cc4cccc5c4CN(C4CCC(=O)NC4=O)C5=O)CC3)N2C(=O)[C@@H](NC(=O)c2cc3cc(C(F)(F)P(=O)(O)O)ccc3s2)C1. The van der Waals surface area contributed by atoms with Crippen LogP contribution in [0.4, 0.5) is 13.2 Å². The van der Waals surface area contributed by atoms with Gasteiger partial charge in [-0.25, -0.2) is 4.39 Å². The highest BCUT2D eigenvalue weighted by molar-refractivity contribution is 7.52. The second-order valence-corrected chi connectivity index (χ2v) is 24.5. The predicted molar refractivity (Wildman–Crippen MR) is 295 cm³/mol. The lowest BCUT2D eigenvalue weighted by atomic mass is 9.91. The minimum atomic E-state index is -5.88. The normalized spacial score (nSPS) is 21.4. The smallest absolute Gasteiger partial charge is 0.370 e. The van der Waals surface area contributed by atoms with Crippen LogP contribution in [-0.2, 0) is 56.8 Å². The third kappa shape index (κ3) is 13.5. The zero-order valence-electron chi connectivity index (χ0n) is 45.2. The van der Waals surface area contributed by atoms with E-state index in [1.807, 2.05) is 11.0 Å². The van der Waals surface area contributed by atoms with Crippen LogP contribution >= 0.6 is 18.9 Å². The fourth-order valence-electron chi connectivity index (χ4n) is 11.6. The number of thiophene rings is 1. The van der Waals surface area contributed by atoms with Gasteiger partial charge in [0.25, 0.3) is 11.8 Å². The molecular formula is C57H63F3N9O12PS. The Hall–Kier alpha value is -7.49. The molecule has 440 valence electrons. The highest BCUT2D eigenvalue weighted by Crippen LogP contribution is 2.59. The number of amides is 9. The van der Waals surface area contributed by atoms with E-state index < -0.39 is 102 Å². The molecular weight excluding hydrogens is 1120 g/mol. The second kappa shape index (κ2) is 25.2. The summed E-state index contributed by atoms with van der Waals surface area (Å²) in [4.78, 5) is 146. The van der Waals surface area contributed by atoms with Crippen molar-refractivity contribution in [1.29, 1.82) is 0 Å². The summed E-state index contributed by atoms with van der Waals surface area (Å²) < 4.78 is 56.3. The second-order valence-electron chi connectivity index (χ2n) is 21.8. The summed E-state index contributed by atoms with van der Waals surface area (Å²) in [7, 11) is -4.13. The maximum atomic E-state index is 15.3. The van der Waals surface area contributed by atoms with Crippen molar-refractivity contribution in [2.24, 2.45) is 11.7 Å². The average Bonchev–Trinajstić information content (AvgIpc) is 3.37. The van der Waals surface area contributed by atoms with Gasteiger partial charge in [-0.05, 0) is 124 Å². The molecule has 0 radical (unpaired) electrons. The van der Waals surface area contributed by atoms with Gasteiger partial charge in [0, 0.05) is 79.3 Å². The number of nitrogens with zero attached hydrogens (tertiary/aromatic N) is 4. The highest BCUT2D eigenvalue weighted by atomic mass is 32.1. The molecule has 0 saturated carbocycles. The van der Waals surface area contributed by atoms with Crippen LogP contribution < -0.4 is 27.0 Å². The van der Waals surface area contributed by atoms with Crippen LogP contribution in [0, 0.1) is 23.6 Å². The van der Waals surface area contributed by atoms with E-state index in [0.29, 0.717) is 74.0 Å². The minimum Gasteiger partial charge on any atom is -0.370 e. The molecule has 83 heavy (non-hydrogen) atoms. The lowest BCUT2D eigenvalue weighted by molar-refractivity contribution is -0.144. The molecule has 8 N–H and O–H groups in total. The number of benzene rings is 3. The lowest BCUT2D eigenvalue weighted by Gasteiger charge is -2.38. The zero-order chi connectivity index (χ0) is 59.5. The molecule has 0 spiro atoms. The zero-order valence-corrected chi connectivity index (χ0v) is 47.0. The van der Waals surface area contributed by atoms with Crippen LogP contribution in [0.5, 0.6) is 0 Å². The van der Waals surface area contributed by atoms with Crippen LogP contribution in [-0.4, -0.2) is 152 Å². The Labute approximate surface area is 479 Å². The minimum absolute atomic E-state index is 0.0107. The molecule has 4 saturated heterocycles. The van der Waals surface area contributed by atoms with Gasteiger partial charge in [-0.15, -0.1) is 11.3 Å². The number of halogens is 3. The summed E-state index contributed by atoms with van der Waals surface area (Å²) in [5.74, 6) is 0.567. The predicted octanol–water partition coefficient (Wildman–Crippen LogP) is 3.37. The van der Waals surface area contributed by atoms with Gasteiger partial charge in [-0.2, -0.15) is 8.78 Å². The molecule has 26 heteroatoms. The van der Waals surface area contributed by atoms with Crippen molar-refractivity contribution < 1.29 is 70.7 Å². The van der Waals surface area contributed by atoms with Gasteiger partial charge < -0.3 is 51.1 Å². The number of alkyl halides is 2. The number of nitrogens with two attached hydrogens (primary N) is 1. The quantitative estimate of drug-likeness (QED) is 0.0454. The van der Waals surface area contributed by atoms with E-state index >= 15 is 4.39 Å². The van der Waals surface area contributed by atoms with Crippen LogP contribution in [0.15, 0.2) is 66.7 Å². The number of primary amides is 1. The molecule has 9 amide bonds. The first kappa shape index (κ1) is 60.1. The van der Waals surface area contributed by atoms with Gasteiger partial charge in [0.1, 0.15) is 36.0 Å². The summed E-state index contributed by atoms with van der Waals surface area (Å²) >= 11 is 0.905. The topological polar surface area (TPSA) is 298 Å². The van der Waals surface area contributed by atoms with E-state index in [0.717, 1.165) is 29.0 Å². The van der Waals surface area contributed by atoms with Crippen molar-refractivity contribution in [2.45, 2.75) is 126 Å². The first-order valence-electron chi connectivity index (χ1n) is 27.4. The number of piperidine rings is 2. The first-order chi connectivity index (χ1) is 39.5. The van der Waals surface area contributed by atoms with Crippen LogP contribution in [0.1, 0.15) is 113 Å². The number of nitrogens with one attached hydrogen (secondary N) is 4. The van der Waals surface area contributed by atoms with Crippen molar-refractivity contribution in [2.75, 3.05) is 33.2 Å². The van der Waals surface area contributed by atoms with Crippen LogP contribution in [0.25, 0.3) is 10.1 Å². The van der Waals surface area contributed by atoms with Gasteiger partial charge in [-0.3, -0.25) is 53.0 Å². The average molecular weight is 1190 g/mol. The Balaban J connectivity index is 0.843. The lowest BCUT2D eigenvalue weighted by Crippen LogP contribution is -2.61. The molecule has 21 nitrogen and oxygen atoms in total. The van der Waals surface area contributed by atoms with Gasteiger partial charge in [0.05, 0.1) is 4.88 Å². The number of carbonyl (C=O) groups is 9. The molecule has 1 aromatic heterocycles. The number of carbonyl (C=O) groups excluding carboxylic acids is 9. The Morgan fingerprint density at radius 3 is 2.40 bits per heavy atom. The number of hydrogen-bond acceptors (Lipinski definition) is 12. The first-order valence-corrected chi connectivity index (χ1v) is 29.9. The third-order valence-corrected chi connectivity index (χ3v) is 18.3. The summed E-state index contributed by atoms with van der Waals surface area (Å²) in [5.41, 5.74) is 2.08. The Bertz CT molecular complexity index is 3380. The van der Waals surface area contributed by atoms with Gasteiger partial charge >= 0.3 is 13.3 Å². The van der Waals surface area contributed by atoms with E-state index in [4.69, 9.17) is 5.73 Å². The number of fused-ring (bicyclic) bond motifs is 3. The molecule has 6 heterocycles. The van der Waals surface area contributed by atoms with Crippen molar-refractivity contribution in [3.8, 4) is 11.8 Å². The summed E-state index contributed by atoms with van der Waals surface area (Å²) in [5, 5.41) is 10.6. The van der Waals surface area contributed by atoms with Crippen molar-refractivity contribution >= 4 is 82.2 Å². The van der Waals surface area contributed by atoms with E-state index in [1.165, 1.54) is 40.1 Å². The standard InChI is InChI=1S/C57H63F3N9O12PS/c1-66-24-23-37-14-16-45(69(37)56(78)43(31-66)64-53(75)47-29-35-27-36(13-18-46(35)83-47)57(59,60)82(79,80)81)52(74)62-41(15-19-48(61)70)50(72)63-42(28-34-9-4-5-12-40(34)58)55(77)67-25-21-32(22-26-67)7-2-3-8-33-10-6-11-38-39(33)30-68(54(38)76)44-17-20-49(71)65-51(44)73/h4-6,9-13,18,27,29,32,37,41-45H,2,7,14-17,19-26,28,30-31H2,1H3,(H2,61,70)(H,62,74)(H,63,72)(H,64,75)(H,65,71,73)(H2,79,80,81)/t37-,41?,42?,43+,44?,45+/m1/s1. The van der Waals surface area contributed by atoms with Crippen molar-refractivity contribution in [3.05, 3.63) is 105 Å². The van der Waals surface area contributed by atoms with E-state index in [2.05, 4.69) is 33.1 Å². The molecule has 0 bridgehead atoms. The molecule has 6 atom stereocenters. The Morgan fingerprint density at radius 1 is 0.916 bits per heavy atom. The van der Waals surface area contributed by atoms with Gasteiger partial charge in [0.2, 0.25) is 41.4 Å². The molecule has 3 unspecified atom stereocenters. The summed E-state index contributed by atoms with van der Waals surface area (Å²) in [6.07, 6.45) is 2.87. The number of rotatable bonds is 17. The van der Waals surface area contributed by atoms with Crippen LogP contribution in [0.3, 0.4) is 0 Å². The fourth-order valence-corrected chi connectivity index (χ4v) is 13.0. The number of hydrogen-bond donors (Lipinski definition) is 7. The molecule has 5 aliphatic heterocycles. The summed E-state index contributed by atoms with van der Waals surface area (Å²) in [6.45, 7) is 1.28. The monoisotopic (exact) mass is 1190 g/mol. The van der Waals surface area contributed by atoms with Crippen molar-refractivity contribution in [3.63, 3.8) is 0 Å². The Kier molecular flexibility index (Phi) is 18.2. The molecule has 0 aliphatic carbocycles. The van der Waals surface area contributed by atoms with E-state index in [-0.39, 0.29) is 85.2 Å². The van der Waals surface area contributed by atoms with E-state index in [1.54, 1.807) is 30.1 Å². The number of imide groups is 1. The Morgan fingerprint density at radius 2 is 1.67 bits per heavy atom. The summed E-state index contributed by atoms with van der Waals surface area (Å²) in [6, 6.07) is 8.88. The fraction of sp³-hybridized carbons (Fsp3) is 0.456. The third-order valence-electron chi connectivity index (χ3n) is 16.2. The highest BCUT2D eigenvalue weighted by Gasteiger charge is 2.51. The maximum absolute atomic E-state index is 15.3. The molecule has 4 aromatic rings. The maximum Gasteiger partial charge on any atom is 0.399 e. The van der Waals surface area contributed by atoms with Gasteiger partial charge in [-0.1, -0.05) is 42.2 Å². The number of likely N-dealkylation sites (tertiary alicyclic amines) is 1.